The number of ether oxygens (including phenoxy) is 2. The number of aliphatic hydroxyl groups is 1. The highest BCUT2D eigenvalue weighted by Crippen LogP contribution is 2.63. The molecule has 4 fully saturated rings. The van der Waals surface area contributed by atoms with Crippen LogP contribution in [0.1, 0.15) is 26.2 Å². The molecule has 4 saturated heterocycles. The van der Waals surface area contributed by atoms with Crippen LogP contribution in [0.25, 0.3) is 0 Å². The maximum atomic E-state index is 14.0. The van der Waals surface area contributed by atoms with Gasteiger partial charge in [-0.15, -0.1) is 6.58 Å². The minimum absolute atomic E-state index is 0.128. The molecule has 0 aromatic rings. The molecule has 4 aliphatic heterocycles. The summed E-state index contributed by atoms with van der Waals surface area (Å²) in [6, 6.07) is -0.905. The van der Waals surface area contributed by atoms with Crippen molar-refractivity contribution in [2.24, 2.45) is 11.8 Å². The fraction of sp³-hybridized carbons (Fsp3) is 0.783. The number of nitrogens with zero attached hydrogens (tertiary/aromatic N) is 3. The Morgan fingerprint density at radius 3 is 2.64 bits per heavy atom. The van der Waals surface area contributed by atoms with Crippen molar-refractivity contribution < 1.29 is 34.1 Å². The molecule has 184 valence electrons. The average Bonchev–Trinajstić information content (AvgIpc) is 3.36. The largest absolute Gasteiger partial charge is 0.481 e. The molecule has 4 heterocycles. The van der Waals surface area contributed by atoms with Gasteiger partial charge in [-0.3, -0.25) is 19.3 Å². The molecule has 0 aromatic heterocycles. The van der Waals surface area contributed by atoms with Crippen LogP contribution in [0.2, 0.25) is 0 Å². The van der Waals surface area contributed by atoms with Crippen LogP contribution in [0, 0.1) is 11.8 Å². The number of likely N-dealkylation sites (tertiary alicyclic amines) is 1. The molecule has 5 atom stereocenters. The van der Waals surface area contributed by atoms with Gasteiger partial charge in [0.25, 0.3) is 0 Å². The number of amides is 2. The predicted molar refractivity (Wildman–Crippen MR) is 117 cm³/mol. The summed E-state index contributed by atoms with van der Waals surface area (Å²) in [4.78, 5) is 45.1. The number of carbonyl (C=O) groups is 3. The number of carbonyl (C=O) groups excluding carboxylic acids is 2. The molecule has 10 nitrogen and oxygen atoms in total. The fourth-order valence-corrected chi connectivity index (χ4v) is 6.27. The van der Waals surface area contributed by atoms with Crippen molar-refractivity contribution in [3.05, 3.63) is 12.7 Å². The van der Waals surface area contributed by atoms with Crippen LogP contribution < -0.4 is 0 Å². The molecule has 2 unspecified atom stereocenters. The van der Waals surface area contributed by atoms with E-state index in [4.69, 9.17) is 9.47 Å². The molecule has 10 heteroatoms. The summed E-state index contributed by atoms with van der Waals surface area (Å²) in [7, 11) is 0. The Bertz CT molecular complexity index is 801. The van der Waals surface area contributed by atoms with Gasteiger partial charge in [0.2, 0.25) is 11.8 Å². The average molecular weight is 466 g/mol. The summed E-state index contributed by atoms with van der Waals surface area (Å²) in [5.74, 6) is -3.56. The Kier molecular flexibility index (Phi) is 6.82. The maximum absolute atomic E-state index is 14.0. The predicted octanol–water partition coefficient (Wildman–Crippen LogP) is -0.435. The van der Waals surface area contributed by atoms with E-state index < -0.39 is 35.0 Å². The molecule has 0 aromatic carbocycles. The van der Waals surface area contributed by atoms with Crippen LogP contribution in [-0.2, 0) is 23.9 Å². The lowest BCUT2D eigenvalue weighted by atomic mass is 9.66. The van der Waals surface area contributed by atoms with Gasteiger partial charge in [0.05, 0.1) is 30.7 Å². The van der Waals surface area contributed by atoms with Gasteiger partial charge >= 0.3 is 5.97 Å². The topological polar surface area (TPSA) is 120 Å². The van der Waals surface area contributed by atoms with Crippen molar-refractivity contribution in [3.63, 3.8) is 0 Å². The lowest BCUT2D eigenvalue weighted by Crippen LogP contribution is -2.57. The first-order chi connectivity index (χ1) is 15.8. The van der Waals surface area contributed by atoms with Crippen molar-refractivity contribution in [2.45, 2.75) is 43.4 Å². The first kappa shape index (κ1) is 24.1. The van der Waals surface area contributed by atoms with E-state index in [-0.39, 0.29) is 25.0 Å². The molecular formula is C23H35N3O7. The highest BCUT2D eigenvalue weighted by atomic mass is 16.5. The van der Waals surface area contributed by atoms with E-state index in [1.807, 2.05) is 0 Å². The van der Waals surface area contributed by atoms with Gasteiger partial charge < -0.3 is 29.5 Å². The summed E-state index contributed by atoms with van der Waals surface area (Å²) in [5, 5.41) is 19.3. The summed E-state index contributed by atoms with van der Waals surface area (Å²) in [6.45, 7) is 9.97. The molecule has 4 rings (SSSR count). The number of fused-ring (bicyclic) bond motifs is 1. The zero-order chi connectivity index (χ0) is 23.8. The Hall–Kier alpha value is -2.01. The molecule has 2 bridgehead atoms. The summed E-state index contributed by atoms with van der Waals surface area (Å²) >= 11 is 0. The first-order valence-corrected chi connectivity index (χ1v) is 11.8. The Morgan fingerprint density at radius 1 is 1.27 bits per heavy atom. The molecular weight excluding hydrogens is 430 g/mol. The molecule has 33 heavy (non-hydrogen) atoms. The van der Waals surface area contributed by atoms with Crippen LogP contribution in [0.15, 0.2) is 12.7 Å². The number of morpholine rings is 1. The molecule has 0 saturated carbocycles. The quantitative estimate of drug-likeness (QED) is 0.417. The lowest BCUT2D eigenvalue weighted by Gasteiger charge is -2.37. The number of hydrogen-bond acceptors (Lipinski definition) is 7. The van der Waals surface area contributed by atoms with Gasteiger partial charge in [0, 0.05) is 45.9 Å². The van der Waals surface area contributed by atoms with E-state index >= 15 is 0 Å². The minimum atomic E-state index is -1.15. The van der Waals surface area contributed by atoms with Gasteiger partial charge in [-0.25, -0.2) is 0 Å². The van der Waals surface area contributed by atoms with Crippen molar-refractivity contribution in [3.8, 4) is 0 Å². The normalized spacial score (nSPS) is 35.6. The van der Waals surface area contributed by atoms with Gasteiger partial charge in [-0.1, -0.05) is 6.08 Å². The van der Waals surface area contributed by atoms with Gasteiger partial charge in [0.1, 0.15) is 11.6 Å². The molecule has 2 N–H and O–H groups in total. The summed E-state index contributed by atoms with van der Waals surface area (Å²) < 4.78 is 11.8. The zero-order valence-electron chi connectivity index (χ0n) is 19.3. The smallest absolute Gasteiger partial charge is 0.310 e. The lowest BCUT2D eigenvalue weighted by molar-refractivity contribution is -0.156. The van der Waals surface area contributed by atoms with Crippen LogP contribution in [-0.4, -0.2) is 119 Å². The van der Waals surface area contributed by atoms with E-state index in [2.05, 4.69) is 11.5 Å². The number of aliphatic hydroxyl groups excluding tert-OH is 1. The first-order valence-electron chi connectivity index (χ1n) is 11.8. The van der Waals surface area contributed by atoms with Crippen LogP contribution in [0.4, 0.5) is 0 Å². The third kappa shape index (κ3) is 3.96. The number of rotatable bonds is 10. The number of hydrogen-bond donors (Lipinski definition) is 2. The van der Waals surface area contributed by atoms with E-state index in [9.17, 15) is 24.6 Å². The monoisotopic (exact) mass is 465 g/mol. The van der Waals surface area contributed by atoms with Gasteiger partial charge in [-0.05, 0) is 26.2 Å². The third-order valence-corrected chi connectivity index (χ3v) is 7.78. The molecule has 0 aliphatic carbocycles. The highest BCUT2D eigenvalue weighted by molar-refractivity contribution is 5.98. The van der Waals surface area contributed by atoms with Crippen molar-refractivity contribution in [2.75, 3.05) is 59.1 Å². The number of carboxylic acids is 1. The number of aliphatic carboxylic acids is 1. The highest BCUT2D eigenvalue weighted by Gasteiger charge is 2.78. The Balaban J connectivity index is 1.63. The second-order valence-electron chi connectivity index (χ2n) is 9.70. The summed E-state index contributed by atoms with van der Waals surface area (Å²) in [6.07, 6.45) is 2.92. The second kappa shape index (κ2) is 9.32. The SMILES string of the molecule is C=CCN(CCN1CCOCC1)C(=O)C1N(CCCO)C(=O)[C@@H]2[C@H](C(=O)O)[C@]3(C)CCC12O3. The van der Waals surface area contributed by atoms with Crippen LogP contribution in [0.3, 0.4) is 0 Å². The van der Waals surface area contributed by atoms with Crippen LogP contribution >= 0.6 is 0 Å². The zero-order valence-corrected chi connectivity index (χ0v) is 19.3. The van der Waals surface area contributed by atoms with Gasteiger partial charge in [-0.2, -0.15) is 0 Å². The molecule has 0 radical (unpaired) electrons. The van der Waals surface area contributed by atoms with E-state index in [1.54, 1.807) is 17.9 Å². The fourth-order valence-electron chi connectivity index (χ4n) is 6.27. The number of carboxylic acid groups (broad SMARTS) is 1. The minimum Gasteiger partial charge on any atom is -0.481 e. The van der Waals surface area contributed by atoms with Gasteiger partial charge in [0.15, 0.2) is 0 Å². The summed E-state index contributed by atoms with van der Waals surface area (Å²) in [5.41, 5.74) is -2.12. The maximum Gasteiger partial charge on any atom is 0.310 e. The van der Waals surface area contributed by atoms with Crippen molar-refractivity contribution in [1.29, 1.82) is 0 Å². The van der Waals surface area contributed by atoms with Crippen molar-refractivity contribution in [1.82, 2.24) is 14.7 Å². The van der Waals surface area contributed by atoms with E-state index in [0.29, 0.717) is 52.1 Å². The Morgan fingerprint density at radius 2 is 2.00 bits per heavy atom. The Labute approximate surface area is 194 Å². The molecule has 4 aliphatic rings. The van der Waals surface area contributed by atoms with E-state index in [1.165, 1.54) is 4.90 Å². The van der Waals surface area contributed by atoms with Crippen LogP contribution in [0.5, 0.6) is 0 Å². The molecule has 1 spiro atoms. The standard InChI is InChI=1S/C23H35N3O7/c1-3-7-25(10-9-24-11-14-32-15-12-24)20(29)18-23-6-5-22(2,33-23)17(21(30)31)16(23)19(28)26(18)8-4-13-27/h3,16-18,27H,1,4-15H2,2H3,(H,30,31)/t16-,17+,18?,22-,23?/m0/s1. The third-order valence-electron chi connectivity index (χ3n) is 7.78. The van der Waals surface area contributed by atoms with E-state index in [0.717, 1.165) is 13.1 Å². The van der Waals surface area contributed by atoms with Crippen molar-refractivity contribution >= 4 is 17.8 Å². The molecule has 2 amide bonds. The second-order valence-corrected chi connectivity index (χ2v) is 9.70.